The molecule has 0 unspecified atom stereocenters. The standard InChI is InChI=1S/C28H32N2O4/c1-3-4-5-9-18-33-25-15-12-22(13-16-25)20-29-30-28(31)24-14-17-26(27(19-24)32-2)34-21-23-10-7-6-8-11-23/h6-8,10-17,19-20H,3-5,9,18,21H2,1-2H3,(H,30,31)/b29-20+. The Morgan fingerprint density at radius 2 is 1.71 bits per heavy atom. The number of carbonyl (C=O) groups is 1. The van der Waals surface area contributed by atoms with Crippen molar-refractivity contribution in [2.75, 3.05) is 13.7 Å². The summed E-state index contributed by atoms with van der Waals surface area (Å²) in [6, 6.07) is 22.5. The maximum absolute atomic E-state index is 12.5. The van der Waals surface area contributed by atoms with Crippen LogP contribution in [0.15, 0.2) is 77.9 Å². The molecule has 0 atom stereocenters. The largest absolute Gasteiger partial charge is 0.494 e. The van der Waals surface area contributed by atoms with Crippen molar-refractivity contribution in [2.24, 2.45) is 5.10 Å². The number of benzene rings is 3. The minimum absolute atomic E-state index is 0.337. The Hall–Kier alpha value is -3.80. The third-order valence-electron chi connectivity index (χ3n) is 5.19. The van der Waals surface area contributed by atoms with Crippen molar-refractivity contribution in [3.63, 3.8) is 0 Å². The van der Waals surface area contributed by atoms with Crippen LogP contribution in [0.2, 0.25) is 0 Å². The Morgan fingerprint density at radius 1 is 0.912 bits per heavy atom. The lowest BCUT2D eigenvalue weighted by molar-refractivity contribution is 0.0954. The van der Waals surface area contributed by atoms with Crippen molar-refractivity contribution in [1.82, 2.24) is 5.43 Å². The number of methoxy groups -OCH3 is 1. The molecule has 0 bridgehead atoms. The summed E-state index contributed by atoms with van der Waals surface area (Å²) >= 11 is 0. The zero-order chi connectivity index (χ0) is 24.0. The Kier molecular flexibility index (Phi) is 9.99. The second-order valence-electron chi connectivity index (χ2n) is 7.82. The normalized spacial score (nSPS) is 10.8. The number of ether oxygens (including phenoxy) is 3. The fourth-order valence-corrected chi connectivity index (χ4v) is 3.26. The third-order valence-corrected chi connectivity index (χ3v) is 5.19. The first kappa shape index (κ1) is 24.8. The molecule has 0 aliphatic carbocycles. The number of hydrogen-bond acceptors (Lipinski definition) is 5. The number of hydrogen-bond donors (Lipinski definition) is 1. The van der Waals surface area contributed by atoms with Crippen LogP contribution in [0, 0.1) is 0 Å². The maximum atomic E-state index is 12.5. The van der Waals surface area contributed by atoms with Gasteiger partial charge in [-0.3, -0.25) is 4.79 Å². The molecule has 6 nitrogen and oxygen atoms in total. The Bertz CT molecular complexity index is 1050. The third kappa shape index (κ3) is 7.96. The van der Waals surface area contributed by atoms with E-state index in [-0.39, 0.29) is 5.91 Å². The van der Waals surface area contributed by atoms with Gasteiger partial charge in [-0.15, -0.1) is 0 Å². The average molecular weight is 461 g/mol. The summed E-state index contributed by atoms with van der Waals surface area (Å²) in [5.74, 6) is 1.55. The quantitative estimate of drug-likeness (QED) is 0.193. The second-order valence-corrected chi connectivity index (χ2v) is 7.82. The van der Waals surface area contributed by atoms with Gasteiger partial charge in [0.2, 0.25) is 0 Å². The molecular weight excluding hydrogens is 428 g/mol. The summed E-state index contributed by atoms with van der Waals surface area (Å²) in [5.41, 5.74) is 4.88. The maximum Gasteiger partial charge on any atom is 0.271 e. The number of nitrogens with one attached hydrogen (secondary N) is 1. The molecule has 3 rings (SSSR count). The van der Waals surface area contributed by atoms with Crippen LogP contribution in [0.5, 0.6) is 17.2 Å². The number of unbranched alkanes of at least 4 members (excludes halogenated alkanes) is 3. The Balaban J connectivity index is 1.50. The fourth-order valence-electron chi connectivity index (χ4n) is 3.26. The summed E-state index contributed by atoms with van der Waals surface area (Å²) < 4.78 is 17.0. The monoisotopic (exact) mass is 460 g/mol. The smallest absolute Gasteiger partial charge is 0.271 e. The van der Waals surface area contributed by atoms with E-state index in [1.165, 1.54) is 19.3 Å². The summed E-state index contributed by atoms with van der Waals surface area (Å²) in [5, 5.41) is 4.06. The first-order chi connectivity index (χ1) is 16.7. The van der Waals surface area contributed by atoms with Crippen LogP contribution in [0.1, 0.15) is 54.1 Å². The van der Waals surface area contributed by atoms with Gasteiger partial charge in [0.25, 0.3) is 5.91 Å². The first-order valence-corrected chi connectivity index (χ1v) is 11.6. The van der Waals surface area contributed by atoms with Crippen LogP contribution < -0.4 is 19.6 Å². The Morgan fingerprint density at radius 3 is 2.44 bits per heavy atom. The van der Waals surface area contributed by atoms with E-state index in [0.29, 0.717) is 23.7 Å². The van der Waals surface area contributed by atoms with Crippen LogP contribution in [0.3, 0.4) is 0 Å². The van der Waals surface area contributed by atoms with Crippen molar-refractivity contribution in [3.8, 4) is 17.2 Å². The van der Waals surface area contributed by atoms with E-state index in [2.05, 4.69) is 17.5 Å². The zero-order valence-electron chi connectivity index (χ0n) is 19.8. The molecule has 0 saturated carbocycles. The summed E-state index contributed by atoms with van der Waals surface area (Å²) in [7, 11) is 1.54. The van der Waals surface area contributed by atoms with E-state index in [1.54, 1.807) is 31.5 Å². The minimum Gasteiger partial charge on any atom is -0.494 e. The molecule has 0 fully saturated rings. The van der Waals surface area contributed by atoms with Gasteiger partial charge in [-0.05, 0) is 60.0 Å². The lowest BCUT2D eigenvalue weighted by Crippen LogP contribution is -2.17. The van der Waals surface area contributed by atoms with Crippen LogP contribution in [0.25, 0.3) is 0 Å². The molecule has 34 heavy (non-hydrogen) atoms. The van der Waals surface area contributed by atoms with E-state index in [4.69, 9.17) is 14.2 Å². The molecule has 0 aromatic heterocycles. The van der Waals surface area contributed by atoms with Gasteiger partial charge in [0, 0.05) is 5.56 Å². The molecule has 0 radical (unpaired) electrons. The summed E-state index contributed by atoms with van der Waals surface area (Å²) in [6.07, 6.45) is 6.30. The van der Waals surface area contributed by atoms with Crippen LogP contribution in [0.4, 0.5) is 0 Å². The number of amides is 1. The molecule has 6 heteroatoms. The molecule has 0 heterocycles. The van der Waals surface area contributed by atoms with Crippen LogP contribution in [-0.2, 0) is 6.61 Å². The molecule has 0 saturated heterocycles. The van der Waals surface area contributed by atoms with Crippen molar-refractivity contribution >= 4 is 12.1 Å². The number of carbonyl (C=O) groups excluding carboxylic acids is 1. The highest BCUT2D eigenvalue weighted by Crippen LogP contribution is 2.29. The molecule has 3 aromatic rings. The highest BCUT2D eigenvalue weighted by atomic mass is 16.5. The number of nitrogens with zero attached hydrogens (tertiary/aromatic N) is 1. The topological polar surface area (TPSA) is 69.2 Å². The van der Waals surface area contributed by atoms with Crippen molar-refractivity contribution in [3.05, 3.63) is 89.5 Å². The van der Waals surface area contributed by atoms with Gasteiger partial charge in [0.05, 0.1) is 19.9 Å². The SMILES string of the molecule is CCCCCCOc1ccc(/C=N/NC(=O)c2ccc(OCc3ccccc3)c(OC)c2)cc1. The van der Waals surface area contributed by atoms with E-state index in [1.807, 2.05) is 54.6 Å². The van der Waals surface area contributed by atoms with Gasteiger partial charge in [0.1, 0.15) is 12.4 Å². The van der Waals surface area contributed by atoms with Gasteiger partial charge in [0.15, 0.2) is 11.5 Å². The van der Waals surface area contributed by atoms with Crippen LogP contribution >= 0.6 is 0 Å². The van der Waals surface area contributed by atoms with Crippen LogP contribution in [-0.4, -0.2) is 25.8 Å². The lowest BCUT2D eigenvalue weighted by Gasteiger charge is -2.12. The van der Waals surface area contributed by atoms with Crippen molar-refractivity contribution in [1.29, 1.82) is 0 Å². The number of rotatable bonds is 13. The van der Waals surface area contributed by atoms with E-state index in [9.17, 15) is 4.79 Å². The number of hydrazone groups is 1. The molecule has 0 aliphatic rings. The van der Waals surface area contributed by atoms with E-state index >= 15 is 0 Å². The molecular formula is C28H32N2O4. The predicted octanol–water partition coefficient (Wildman–Crippen LogP) is 6.00. The fraction of sp³-hybridized carbons (Fsp3) is 0.286. The van der Waals surface area contributed by atoms with Gasteiger partial charge >= 0.3 is 0 Å². The van der Waals surface area contributed by atoms with Gasteiger partial charge in [-0.1, -0.05) is 56.5 Å². The van der Waals surface area contributed by atoms with Gasteiger partial charge in [-0.25, -0.2) is 5.43 Å². The van der Waals surface area contributed by atoms with Gasteiger partial charge in [-0.2, -0.15) is 5.10 Å². The average Bonchev–Trinajstić information content (AvgIpc) is 2.88. The molecule has 3 aromatic carbocycles. The minimum atomic E-state index is -0.337. The first-order valence-electron chi connectivity index (χ1n) is 11.6. The molecule has 1 amide bonds. The molecule has 178 valence electrons. The second kappa shape index (κ2) is 13.7. The lowest BCUT2D eigenvalue weighted by atomic mass is 10.2. The summed E-state index contributed by atoms with van der Waals surface area (Å²) in [6.45, 7) is 3.33. The molecule has 1 N–H and O–H groups in total. The van der Waals surface area contributed by atoms with Crippen molar-refractivity contribution < 1.29 is 19.0 Å². The molecule has 0 spiro atoms. The van der Waals surface area contributed by atoms with Crippen molar-refractivity contribution in [2.45, 2.75) is 39.2 Å². The summed E-state index contributed by atoms with van der Waals surface area (Å²) in [4.78, 5) is 12.5. The van der Waals surface area contributed by atoms with E-state index < -0.39 is 0 Å². The Labute approximate surface area is 201 Å². The highest BCUT2D eigenvalue weighted by molar-refractivity contribution is 5.95. The zero-order valence-corrected chi connectivity index (χ0v) is 19.8. The van der Waals surface area contributed by atoms with Gasteiger partial charge < -0.3 is 14.2 Å². The molecule has 0 aliphatic heterocycles. The van der Waals surface area contributed by atoms with E-state index in [0.717, 1.165) is 29.9 Å². The highest BCUT2D eigenvalue weighted by Gasteiger charge is 2.11. The predicted molar refractivity (Wildman–Crippen MR) is 135 cm³/mol.